The highest BCUT2D eigenvalue weighted by Gasteiger charge is 2.52. The fraction of sp³-hybridized carbons (Fsp3) is 0.474. The van der Waals surface area contributed by atoms with E-state index in [2.05, 4.69) is 0 Å². The zero-order valence-electron chi connectivity index (χ0n) is 17.2. The summed E-state index contributed by atoms with van der Waals surface area (Å²) < 4.78 is 119. The Balaban J connectivity index is 1.85. The van der Waals surface area contributed by atoms with Gasteiger partial charge in [-0.1, -0.05) is 0 Å². The molecule has 2 aromatic rings. The van der Waals surface area contributed by atoms with E-state index >= 15 is 0 Å². The molecular weight excluding hydrogens is 501 g/mol. The molecule has 5 nitrogen and oxygen atoms in total. The van der Waals surface area contributed by atoms with Crippen molar-refractivity contribution in [2.75, 3.05) is 24.5 Å². The highest BCUT2D eigenvalue weighted by molar-refractivity contribution is 7.91. The van der Waals surface area contributed by atoms with Gasteiger partial charge in [0.05, 0.1) is 5.56 Å². The number of thiophene rings is 1. The van der Waals surface area contributed by atoms with Gasteiger partial charge >= 0.3 is 12.4 Å². The summed E-state index contributed by atoms with van der Waals surface area (Å²) in [4.78, 5) is 0.675. The van der Waals surface area contributed by atoms with Crippen LogP contribution in [0.2, 0.25) is 0 Å². The molecule has 1 fully saturated rings. The van der Waals surface area contributed by atoms with Crippen molar-refractivity contribution in [3.8, 4) is 0 Å². The number of hydrogen-bond acceptors (Lipinski definition) is 5. The molecule has 0 radical (unpaired) electrons. The van der Waals surface area contributed by atoms with E-state index < -0.39 is 54.5 Å². The van der Waals surface area contributed by atoms with Crippen LogP contribution in [0.15, 0.2) is 34.5 Å². The van der Waals surface area contributed by atoms with Gasteiger partial charge < -0.3 is 10.0 Å². The predicted molar refractivity (Wildman–Crippen MR) is 107 cm³/mol. The summed E-state index contributed by atoms with van der Waals surface area (Å²) in [5, 5.41) is 9.79. The Morgan fingerprint density at radius 3 is 2.24 bits per heavy atom. The summed E-state index contributed by atoms with van der Waals surface area (Å²) in [6.07, 6.45) is -9.85. The maximum Gasteiger partial charge on any atom is 0.421 e. The quantitative estimate of drug-likeness (QED) is 0.600. The normalized spacial score (nSPS) is 20.7. The van der Waals surface area contributed by atoms with E-state index in [0.29, 0.717) is 13.0 Å². The Kier molecular flexibility index (Phi) is 6.54. The van der Waals surface area contributed by atoms with E-state index in [-0.39, 0.29) is 36.7 Å². The van der Waals surface area contributed by atoms with Gasteiger partial charge in [0.1, 0.15) is 10.0 Å². The molecule has 1 aromatic heterocycles. The molecule has 0 saturated carbocycles. The minimum absolute atomic E-state index is 0.156. The maximum absolute atomic E-state index is 13.4. The minimum Gasteiger partial charge on any atom is -0.376 e. The van der Waals surface area contributed by atoms with Gasteiger partial charge in [0.25, 0.3) is 10.0 Å². The van der Waals surface area contributed by atoms with E-state index in [1.165, 1.54) is 11.8 Å². The molecule has 0 unspecified atom stereocenters. The minimum atomic E-state index is -5.02. The molecule has 1 saturated heterocycles. The first-order valence-electron chi connectivity index (χ1n) is 9.49. The van der Waals surface area contributed by atoms with E-state index in [1.807, 2.05) is 0 Å². The number of anilines is 1. The number of alkyl halides is 6. The van der Waals surface area contributed by atoms with E-state index in [9.17, 15) is 44.3 Å². The second-order valence-electron chi connectivity index (χ2n) is 7.76. The highest BCUT2D eigenvalue weighted by atomic mass is 32.2. The summed E-state index contributed by atoms with van der Waals surface area (Å²) >= 11 is 0.270. The van der Waals surface area contributed by atoms with E-state index in [1.54, 1.807) is 0 Å². The predicted octanol–water partition coefficient (Wildman–Crippen LogP) is 4.58. The van der Waals surface area contributed by atoms with Gasteiger partial charge in [-0.3, -0.25) is 0 Å². The molecule has 1 aliphatic heterocycles. The molecule has 1 aliphatic rings. The number of sulfonamides is 1. The second kappa shape index (κ2) is 8.40. The van der Waals surface area contributed by atoms with Crippen LogP contribution in [-0.4, -0.2) is 49.7 Å². The highest BCUT2D eigenvalue weighted by Crippen LogP contribution is 2.43. The van der Waals surface area contributed by atoms with E-state index in [0.717, 1.165) is 28.6 Å². The lowest BCUT2D eigenvalue weighted by molar-refractivity contribution is -0.257. The molecule has 0 bridgehead atoms. The van der Waals surface area contributed by atoms with Gasteiger partial charge in [-0.15, -0.1) is 11.3 Å². The van der Waals surface area contributed by atoms with Crippen molar-refractivity contribution in [3.05, 3.63) is 46.6 Å². The third-order valence-electron chi connectivity index (χ3n) is 5.35. The summed E-state index contributed by atoms with van der Waals surface area (Å²) in [5.41, 5.74) is -4.73. The summed E-state index contributed by atoms with van der Waals surface area (Å²) in [6, 6.07) is 3.19. The Bertz CT molecular complexity index is 1130. The van der Waals surface area contributed by atoms with Crippen LogP contribution in [0.5, 0.6) is 0 Å². The topological polar surface area (TPSA) is 60.9 Å². The Labute approximate surface area is 189 Å². The molecule has 2 heterocycles. The number of halogens is 7. The smallest absolute Gasteiger partial charge is 0.376 e. The number of piperazine rings is 1. The fourth-order valence-electron chi connectivity index (χ4n) is 3.50. The average molecular weight is 520 g/mol. The number of nitrogens with zero attached hydrogens (tertiary/aromatic N) is 2. The first-order chi connectivity index (χ1) is 15.0. The molecule has 0 amide bonds. The van der Waals surface area contributed by atoms with Gasteiger partial charge in [-0.05, 0) is 44.2 Å². The largest absolute Gasteiger partial charge is 0.421 e. The molecule has 184 valence electrons. The Hall–Kier alpha value is -1.90. The first-order valence-corrected chi connectivity index (χ1v) is 11.7. The van der Waals surface area contributed by atoms with Crippen molar-refractivity contribution >= 4 is 27.0 Å². The third-order valence-corrected chi connectivity index (χ3v) is 9.12. The van der Waals surface area contributed by atoms with Crippen LogP contribution in [0.25, 0.3) is 0 Å². The van der Waals surface area contributed by atoms with Gasteiger partial charge in [0, 0.05) is 36.2 Å². The van der Waals surface area contributed by atoms with Crippen LogP contribution in [0.3, 0.4) is 0 Å². The summed E-state index contributed by atoms with van der Waals surface area (Å²) in [7, 11) is -4.28. The van der Waals surface area contributed by atoms with Crippen molar-refractivity contribution in [2.24, 2.45) is 0 Å². The molecular formula is C19H19F7N2O3S2. The molecule has 2 atom stereocenters. The van der Waals surface area contributed by atoms with Crippen molar-refractivity contribution in [2.45, 2.75) is 42.1 Å². The Morgan fingerprint density at radius 1 is 1.06 bits per heavy atom. The fourth-order valence-corrected chi connectivity index (χ4v) is 6.62. The maximum atomic E-state index is 13.4. The number of benzene rings is 1. The van der Waals surface area contributed by atoms with Crippen LogP contribution in [0.4, 0.5) is 36.4 Å². The van der Waals surface area contributed by atoms with Crippen molar-refractivity contribution in [1.82, 2.24) is 4.31 Å². The zero-order valence-corrected chi connectivity index (χ0v) is 18.8. The van der Waals surface area contributed by atoms with Gasteiger partial charge in [-0.2, -0.15) is 30.6 Å². The second-order valence-corrected chi connectivity index (χ2v) is 11.0. The standard InChI is InChI=1S/C19H19F7N2O3S2/c1-11-10-27(14-4-3-12(20)9-13(14)18(21,22)23)7-8-28(11)33(30,31)16-6-5-15(32-16)17(2,29)19(24,25)26/h3-6,9,11,29H,7-8,10H2,1-2H3/t11-,17+/m1/s1. The lowest BCUT2D eigenvalue weighted by Gasteiger charge is -2.40. The van der Waals surface area contributed by atoms with Crippen molar-refractivity contribution in [3.63, 3.8) is 0 Å². The monoisotopic (exact) mass is 520 g/mol. The Morgan fingerprint density at radius 2 is 1.70 bits per heavy atom. The lowest BCUT2D eigenvalue weighted by atomic mass is 10.1. The van der Waals surface area contributed by atoms with E-state index in [4.69, 9.17) is 0 Å². The first kappa shape index (κ1) is 25.7. The molecule has 3 rings (SSSR count). The van der Waals surface area contributed by atoms with Crippen LogP contribution in [-0.2, 0) is 21.8 Å². The number of aliphatic hydroxyl groups is 1. The molecule has 0 aliphatic carbocycles. The third kappa shape index (κ3) is 4.84. The lowest BCUT2D eigenvalue weighted by Crippen LogP contribution is -2.54. The van der Waals surface area contributed by atoms with Gasteiger partial charge in [0.2, 0.25) is 0 Å². The molecule has 1 N–H and O–H groups in total. The van der Waals surface area contributed by atoms with Crippen LogP contribution >= 0.6 is 11.3 Å². The van der Waals surface area contributed by atoms with Crippen molar-refractivity contribution < 1.29 is 44.3 Å². The average Bonchev–Trinajstić information content (AvgIpc) is 3.18. The summed E-state index contributed by atoms with van der Waals surface area (Å²) in [6.45, 7) is 1.39. The van der Waals surface area contributed by atoms with Crippen LogP contribution in [0, 0.1) is 5.82 Å². The SMILES string of the molecule is C[C@@H]1CN(c2ccc(F)cc2C(F)(F)F)CCN1S(=O)(=O)c1ccc([C@](C)(O)C(F)(F)F)s1. The van der Waals surface area contributed by atoms with Gasteiger partial charge in [0.15, 0.2) is 5.60 Å². The van der Waals surface area contributed by atoms with Crippen molar-refractivity contribution in [1.29, 1.82) is 0 Å². The zero-order chi connectivity index (χ0) is 25.0. The molecule has 33 heavy (non-hydrogen) atoms. The number of rotatable bonds is 4. The molecule has 1 aromatic carbocycles. The van der Waals surface area contributed by atoms with Crippen LogP contribution < -0.4 is 4.90 Å². The molecule has 0 spiro atoms. The number of hydrogen-bond donors (Lipinski definition) is 1. The molecule has 14 heteroatoms. The van der Waals surface area contributed by atoms with Gasteiger partial charge in [-0.25, -0.2) is 12.8 Å². The van der Waals surface area contributed by atoms with Crippen LogP contribution in [0.1, 0.15) is 24.3 Å². The summed E-state index contributed by atoms with van der Waals surface area (Å²) in [5.74, 6) is -1.07.